The van der Waals surface area contributed by atoms with Gasteiger partial charge in [0, 0.05) is 89.8 Å². The Hall–Kier alpha value is -6.05. The largest absolute Gasteiger partial charge is 0.497 e. The summed E-state index contributed by atoms with van der Waals surface area (Å²) in [4.78, 5) is 103. The Bertz CT molecular complexity index is 4720. The number of carboxylic acid groups (broad SMARTS) is 2. The molecule has 2 N–H and O–H groups in total. The number of nitrogens with zero attached hydrogens (tertiary/aromatic N) is 5. The number of likely N-dealkylation sites (tertiary alicyclic amines) is 3. The SMILES string of the molecule is CC(=O)[C@H]1CC[C@H]2C3CC[C@H]4N(C)C(=O)CC[C@]4(C)C3CC[C@]12C.CC(=O)[C@H]1CC[C@H]2C3CC[C@H]4N(C)C(=O)[C@H](F)C[C@]4(C)C3CC[C@]12C.CN1C(=O)C=C[C@]2(C)C3CC[C@]4(C)[C@@H](C(=O)O)CC[C@H]4C3CC[C@@H]12.CN1C(=O)CC[C@]2(C)C3CC[C@]4(C)[C@@H](C(=O)O)CC[C@H]4C3CC[C@@H]12.COc1ccc(CCl)cc1.ClCCl.O=S(=O)(c1ccccc1)N(F)S(=O)(=O)c1ccccc1.[HH]. The molecule has 19 rings (SSSR count). The number of likely N-dealkylation sites (N-methyl/N-ethyl adjacent to an activating group) is 1. The van der Waals surface area contributed by atoms with Gasteiger partial charge in [-0.2, -0.15) is 0 Å². The molecule has 4 aliphatic heterocycles. The average Bonchev–Trinajstić information content (AvgIpc) is 1.67. The highest BCUT2D eigenvalue weighted by atomic mass is 35.5. The third-order valence-electron chi connectivity index (χ3n) is 39.1. The molecule has 0 spiro atoms. The van der Waals surface area contributed by atoms with Crippen molar-refractivity contribution in [2.45, 2.75) is 301 Å². The smallest absolute Gasteiger partial charge is 0.307 e. The fourth-order valence-electron chi connectivity index (χ4n) is 32.6. The maximum Gasteiger partial charge on any atom is 0.307 e. The number of hydrogen-bond donors (Lipinski definition) is 2. The minimum absolute atomic E-state index is 0. The maximum atomic E-state index is 14.5. The van der Waals surface area contributed by atoms with Gasteiger partial charge in [-0.05, 0) is 344 Å². The van der Waals surface area contributed by atoms with E-state index in [9.17, 15) is 74.3 Å². The third-order valence-corrected chi connectivity index (χ3v) is 43.1. The number of piperidine rings is 3. The van der Waals surface area contributed by atoms with E-state index in [0.717, 1.165) is 195 Å². The molecule has 4 amide bonds. The molecule has 15 fully saturated rings. The van der Waals surface area contributed by atoms with E-state index in [1.165, 1.54) is 68.5 Å². The predicted octanol–water partition coefficient (Wildman–Crippen LogP) is 21.0. The summed E-state index contributed by atoms with van der Waals surface area (Å²) in [5, 5.41) is 19.5. The zero-order valence-electron chi connectivity index (χ0n) is 79.4. The van der Waals surface area contributed by atoms with Gasteiger partial charge >= 0.3 is 11.9 Å². The minimum Gasteiger partial charge on any atom is -0.497 e. The Morgan fingerprint density at radius 1 is 0.438 bits per heavy atom. The molecule has 0 aromatic heterocycles. The van der Waals surface area contributed by atoms with Crippen molar-refractivity contribution in [3.63, 3.8) is 0 Å². The lowest BCUT2D eigenvalue weighted by molar-refractivity contribution is -0.169. The molecule has 29 atom stereocenters. The van der Waals surface area contributed by atoms with Gasteiger partial charge in [0.2, 0.25) is 17.7 Å². The fraction of sp³-hybridized carbons (Fsp3) is 0.728. The van der Waals surface area contributed by atoms with Crippen LogP contribution in [0, 0.1) is 138 Å². The number of Topliss-reactive ketones (excluding diaryl/α,β-unsaturated/α-hetero) is 2. The van der Waals surface area contributed by atoms with Crippen LogP contribution in [-0.4, -0.2) is 169 Å². The molecule has 27 heteroatoms. The summed E-state index contributed by atoms with van der Waals surface area (Å²) in [6, 6.07) is 22.0. The highest BCUT2D eigenvalue weighted by Gasteiger charge is 2.68. The number of carbonyl (C=O) groups excluding carboxylic acids is 6. The molecule has 20 nitrogen and oxygen atoms in total. The highest BCUT2D eigenvalue weighted by molar-refractivity contribution is 8.03. The van der Waals surface area contributed by atoms with Gasteiger partial charge < -0.3 is 34.5 Å². The number of rotatable bonds is 10. The lowest BCUT2D eigenvalue weighted by atomic mass is 9.46. The second-order valence-electron chi connectivity index (χ2n) is 44.1. The molecule has 12 saturated carbocycles. The number of carbonyl (C=O) groups is 8. The van der Waals surface area contributed by atoms with Crippen molar-refractivity contribution in [1.82, 2.24) is 23.5 Å². The van der Waals surface area contributed by atoms with Crippen molar-refractivity contribution in [2.75, 3.05) is 40.6 Å². The summed E-state index contributed by atoms with van der Waals surface area (Å²) in [7, 11) is -0.123. The van der Waals surface area contributed by atoms with E-state index >= 15 is 0 Å². The standard InChI is InChI=1S/C21H32FNO2.C21H33NO2.C20H31NO3.C20H29NO3.C12H10FNO4S2.C8H9ClO.CH2Cl2.H2/c1-12(24)14-6-7-15-13-5-8-18-21(3,11-17(22)19(25)23(18)4)16(13)9-10-20(14,15)2;1-13(23)15-6-7-16-14-5-8-18-21(3,12-10-19(24)22(18)4)17(14)9-11-20(15,16)2;2*1-19-10-8-14-12(13(19)5-6-15(19)18(23)24)4-7-16-20(14,2)11-9-17(22)21(16)3;13-14(19(15,16)11-7-3-1-4-8-11)20(17,18)12-9-5-2-6-10-12;1-10-8-4-2-7(6-9)3-5-8;2-1-3;/h13-18H,5-11H2,1-4H3;14-18H,5-12H2,1-4H3;12-16H,4-11H2,1-3H3,(H,23,24);9,11-16H,4-8,10H2,1-3H3,(H,23,24);1-10H;2-5H,6H2,1H3;1H2;1H/t13?,14-,15+,16?,17-,18-,20-,21-;14?,15-,16+,17?,18-,20-,21-;2*12?,13-,14?,15+,16+,19-,20+;;;;/m1100..../s1. The number of aliphatic carboxylic acids is 2. The van der Waals surface area contributed by atoms with E-state index in [-0.39, 0.29) is 80.3 Å². The van der Waals surface area contributed by atoms with Crippen LogP contribution in [-0.2, 0) is 64.3 Å². The number of ether oxygens (including phenoxy) is 1. The maximum absolute atomic E-state index is 14.5. The lowest BCUT2D eigenvalue weighted by Crippen LogP contribution is -2.64. The van der Waals surface area contributed by atoms with Crippen molar-refractivity contribution in [3.8, 4) is 5.75 Å². The summed E-state index contributed by atoms with van der Waals surface area (Å²) in [5.74, 6) is 9.23. The zero-order chi connectivity index (χ0) is 94.9. The van der Waals surface area contributed by atoms with Gasteiger partial charge in [-0.3, -0.25) is 38.4 Å². The second kappa shape index (κ2) is 39.2. The van der Waals surface area contributed by atoms with Crippen LogP contribution in [0.15, 0.2) is 107 Å². The number of benzene rings is 3. The topological polar surface area (TPSA) is 271 Å². The number of ketones is 2. The molecule has 4 heterocycles. The van der Waals surface area contributed by atoms with E-state index in [2.05, 4.69) is 66.4 Å². The third kappa shape index (κ3) is 18.0. The molecule has 0 bridgehead atoms. The van der Waals surface area contributed by atoms with Crippen LogP contribution in [0.3, 0.4) is 0 Å². The first-order valence-corrected chi connectivity index (χ1v) is 52.9. The monoisotopic (exact) mass is 1900 g/mol. The highest BCUT2D eigenvalue weighted by Crippen LogP contribution is 2.71. The van der Waals surface area contributed by atoms with Crippen LogP contribution in [0.2, 0.25) is 0 Å². The quantitative estimate of drug-likeness (QED) is 0.141. The Kier molecular flexibility index (Phi) is 30.6. The van der Waals surface area contributed by atoms with Crippen molar-refractivity contribution in [2.24, 2.45) is 138 Å². The number of hydrogen-bond acceptors (Lipinski definition) is 13. The van der Waals surface area contributed by atoms with Crippen molar-refractivity contribution in [1.29, 1.82) is 0 Å². The van der Waals surface area contributed by atoms with E-state index in [1.807, 2.05) is 62.1 Å². The van der Waals surface area contributed by atoms with E-state index < -0.39 is 51.9 Å². The first-order valence-electron chi connectivity index (χ1n) is 48.4. The average molecular weight is 1900 g/mol. The lowest BCUT2D eigenvalue weighted by Gasteiger charge is -2.62. The van der Waals surface area contributed by atoms with Crippen molar-refractivity contribution < 1.29 is 80.4 Å². The molecular formula is C103H148Cl3F2N5O15S2. The second-order valence-corrected chi connectivity index (χ2v) is 48.9. The van der Waals surface area contributed by atoms with Crippen LogP contribution in [0.4, 0.5) is 8.87 Å². The first kappa shape index (κ1) is 101. The Morgan fingerprint density at radius 2 is 0.769 bits per heavy atom. The number of sulfonamides is 2. The van der Waals surface area contributed by atoms with Crippen molar-refractivity contribution in [3.05, 3.63) is 103 Å². The molecule has 12 aliphatic carbocycles. The number of methoxy groups -OCH3 is 1. The molecule has 3 aromatic rings. The van der Waals surface area contributed by atoms with Crippen LogP contribution < -0.4 is 4.74 Å². The molecule has 3 aromatic carbocycles. The van der Waals surface area contributed by atoms with Crippen LogP contribution >= 0.6 is 34.8 Å². The van der Waals surface area contributed by atoms with E-state index in [4.69, 9.17) is 39.5 Å². The zero-order valence-corrected chi connectivity index (χ0v) is 83.3. The van der Waals surface area contributed by atoms with Crippen LogP contribution in [0.25, 0.3) is 0 Å². The number of amides is 4. The molecule has 130 heavy (non-hydrogen) atoms. The molecule has 722 valence electrons. The van der Waals surface area contributed by atoms with Gasteiger partial charge in [0.25, 0.3) is 26.0 Å². The van der Waals surface area contributed by atoms with Gasteiger partial charge in [0.1, 0.15) is 17.3 Å². The first-order chi connectivity index (χ1) is 61.2. The van der Waals surface area contributed by atoms with Crippen molar-refractivity contribution >= 4 is 102 Å². The number of carboxylic acids is 2. The van der Waals surface area contributed by atoms with Gasteiger partial charge in [0.15, 0.2) is 6.17 Å². The molecular weight excluding hydrogens is 1760 g/mol. The fourth-order valence-corrected chi connectivity index (χ4v) is 35.6. The summed E-state index contributed by atoms with van der Waals surface area (Å²) >= 11 is 15.1. The summed E-state index contributed by atoms with van der Waals surface area (Å²) in [5.41, 5.74) is 1.92. The van der Waals surface area contributed by atoms with Gasteiger partial charge in [0.05, 0.1) is 38.0 Å². The van der Waals surface area contributed by atoms with Crippen LogP contribution in [0.1, 0.15) is 262 Å². The Labute approximate surface area is 789 Å². The van der Waals surface area contributed by atoms with Gasteiger partial charge in [-0.25, -0.2) is 21.2 Å². The summed E-state index contributed by atoms with van der Waals surface area (Å²) in [6.07, 6.45) is 32.9. The number of halogens is 5. The number of fused-ring (bicyclic) bond motifs is 20. The number of alkyl halides is 4. The van der Waals surface area contributed by atoms with E-state index in [1.54, 1.807) is 32.1 Å². The molecule has 8 unspecified atom stereocenters. The summed E-state index contributed by atoms with van der Waals surface area (Å²) in [6.45, 7) is 22.3. The Balaban J connectivity index is 0.000000143. The molecule has 16 aliphatic rings. The van der Waals surface area contributed by atoms with Crippen LogP contribution in [0.5, 0.6) is 5.75 Å². The molecule has 0 radical (unpaired) electrons. The Morgan fingerprint density at radius 3 is 1.13 bits per heavy atom. The van der Waals surface area contributed by atoms with Gasteiger partial charge in [-0.15, -0.1) is 39.3 Å². The minimum atomic E-state index is -4.77. The molecule has 3 saturated heterocycles. The normalized spacial score (nSPS) is 40.9. The predicted molar refractivity (Wildman–Crippen MR) is 503 cm³/mol. The van der Waals surface area contributed by atoms with E-state index in [0.29, 0.717) is 125 Å². The summed E-state index contributed by atoms with van der Waals surface area (Å²) < 4.78 is 80.0. The van der Waals surface area contributed by atoms with Gasteiger partial charge in [-0.1, -0.05) is 110 Å².